The van der Waals surface area contributed by atoms with Crippen molar-refractivity contribution in [2.75, 3.05) is 33.4 Å². The van der Waals surface area contributed by atoms with E-state index in [1.165, 1.54) is 0 Å². The molecule has 0 unspecified atom stereocenters. The van der Waals surface area contributed by atoms with Crippen molar-refractivity contribution in [3.63, 3.8) is 0 Å². The van der Waals surface area contributed by atoms with Crippen LogP contribution >= 0.6 is 0 Å². The second kappa shape index (κ2) is 16.4. The average Bonchev–Trinajstić information content (AvgIpc) is 2.58. The monoisotopic (exact) mass is 383 g/mol. The topological polar surface area (TPSA) is 49.8 Å². The minimum absolute atomic E-state index is 0.159. The third-order valence-electron chi connectivity index (χ3n) is 4.29. The van der Waals surface area contributed by atoms with Crippen molar-refractivity contribution in [1.29, 1.82) is 0 Å². The zero-order valence-electron chi connectivity index (χ0n) is 16.2. The molecule has 0 fully saturated rings. The molecule has 0 saturated carbocycles. The Balaban J connectivity index is 3.39. The number of carbonyl (C=O) groups is 1. The van der Waals surface area contributed by atoms with Crippen LogP contribution in [0, 0.1) is 0 Å². The molecule has 0 aliphatic carbocycles. The van der Waals surface area contributed by atoms with Crippen LogP contribution in [0.4, 0.5) is 13.2 Å². The van der Waals surface area contributed by atoms with Gasteiger partial charge in [-0.25, -0.2) is 0 Å². The van der Waals surface area contributed by atoms with Crippen molar-refractivity contribution < 1.29 is 27.8 Å². The van der Waals surface area contributed by atoms with Gasteiger partial charge in [0.2, 0.25) is 5.91 Å². The molecule has 0 spiro atoms. The first kappa shape index (κ1) is 25.2. The minimum atomic E-state index is -4.15. The lowest BCUT2D eigenvalue weighted by Crippen LogP contribution is -2.27. The first-order chi connectivity index (χ1) is 12.4. The molecule has 0 saturated heterocycles. The van der Waals surface area contributed by atoms with Gasteiger partial charge < -0.3 is 14.7 Å². The molecule has 0 aromatic carbocycles. The van der Waals surface area contributed by atoms with Crippen molar-refractivity contribution in [2.45, 2.75) is 83.2 Å². The standard InChI is InChI=1S/C19H36F3NO3/c1-23(14-9-5-2-3-6-10-15-24)18(25)12-8-4-7-11-16-26-17-13-19(20,21)22/h24H,2-17H2,1H3. The van der Waals surface area contributed by atoms with E-state index in [1.54, 1.807) is 4.90 Å². The summed E-state index contributed by atoms with van der Waals surface area (Å²) in [6, 6.07) is 0. The lowest BCUT2D eigenvalue weighted by molar-refractivity contribution is -0.145. The number of unbranched alkanes of at least 4 members (excludes halogenated alkanes) is 8. The van der Waals surface area contributed by atoms with Crippen LogP contribution in [0.15, 0.2) is 0 Å². The Bertz CT molecular complexity index is 338. The van der Waals surface area contributed by atoms with Gasteiger partial charge in [-0.1, -0.05) is 38.5 Å². The summed E-state index contributed by atoms with van der Waals surface area (Å²) in [5.74, 6) is 0.159. The molecular weight excluding hydrogens is 347 g/mol. The van der Waals surface area contributed by atoms with Crippen molar-refractivity contribution in [3.05, 3.63) is 0 Å². The Morgan fingerprint density at radius 1 is 0.885 bits per heavy atom. The average molecular weight is 383 g/mol. The smallest absolute Gasteiger partial charge is 0.391 e. The minimum Gasteiger partial charge on any atom is -0.396 e. The second-order valence-electron chi connectivity index (χ2n) is 6.80. The molecule has 4 nitrogen and oxygen atoms in total. The highest BCUT2D eigenvalue weighted by Crippen LogP contribution is 2.19. The maximum atomic E-state index is 12.0. The normalized spacial score (nSPS) is 11.7. The Morgan fingerprint density at radius 2 is 1.46 bits per heavy atom. The number of hydrogen-bond acceptors (Lipinski definition) is 3. The summed E-state index contributed by atoms with van der Waals surface area (Å²) in [5, 5.41) is 8.69. The number of nitrogens with zero attached hydrogens (tertiary/aromatic N) is 1. The van der Waals surface area contributed by atoms with Crippen molar-refractivity contribution in [3.8, 4) is 0 Å². The fourth-order valence-corrected chi connectivity index (χ4v) is 2.61. The van der Waals surface area contributed by atoms with E-state index in [-0.39, 0.29) is 19.1 Å². The summed E-state index contributed by atoms with van der Waals surface area (Å²) >= 11 is 0. The molecular formula is C19H36F3NO3. The van der Waals surface area contributed by atoms with Crippen LogP contribution in [0.5, 0.6) is 0 Å². The van der Waals surface area contributed by atoms with Crippen LogP contribution in [0.2, 0.25) is 0 Å². The van der Waals surface area contributed by atoms with Gasteiger partial charge in [-0.15, -0.1) is 0 Å². The maximum Gasteiger partial charge on any atom is 0.391 e. The highest BCUT2D eigenvalue weighted by Gasteiger charge is 2.26. The summed E-state index contributed by atoms with van der Waals surface area (Å²) in [7, 11) is 1.84. The molecule has 1 N–H and O–H groups in total. The molecule has 0 aromatic rings. The number of carbonyl (C=O) groups excluding carboxylic acids is 1. The number of alkyl halides is 3. The highest BCUT2D eigenvalue weighted by atomic mass is 19.4. The van der Waals surface area contributed by atoms with Crippen molar-refractivity contribution >= 4 is 5.91 Å². The highest BCUT2D eigenvalue weighted by molar-refractivity contribution is 5.75. The molecule has 156 valence electrons. The van der Waals surface area contributed by atoms with Gasteiger partial charge in [0.05, 0.1) is 13.0 Å². The van der Waals surface area contributed by atoms with E-state index < -0.39 is 12.6 Å². The summed E-state index contributed by atoms with van der Waals surface area (Å²) in [6.07, 6.45) is 5.15. The summed E-state index contributed by atoms with van der Waals surface area (Å²) < 4.78 is 40.7. The van der Waals surface area contributed by atoms with Gasteiger partial charge in [0, 0.05) is 33.2 Å². The number of halogens is 3. The predicted octanol–water partition coefficient (Wildman–Crippen LogP) is 4.70. The number of rotatable bonds is 17. The van der Waals surface area contributed by atoms with Gasteiger partial charge in [0.1, 0.15) is 0 Å². The number of ether oxygens (including phenoxy) is 1. The number of hydrogen-bond donors (Lipinski definition) is 1. The Morgan fingerprint density at radius 3 is 2.12 bits per heavy atom. The molecule has 0 atom stereocenters. The lowest BCUT2D eigenvalue weighted by Gasteiger charge is -2.17. The molecule has 7 heteroatoms. The SMILES string of the molecule is CN(CCCCCCCCO)C(=O)CCCCCCOCCC(F)(F)F. The van der Waals surface area contributed by atoms with Crippen LogP contribution in [0.3, 0.4) is 0 Å². The zero-order chi connectivity index (χ0) is 19.7. The van der Waals surface area contributed by atoms with Gasteiger partial charge in [-0.3, -0.25) is 4.79 Å². The summed E-state index contributed by atoms with van der Waals surface area (Å²) in [6.45, 7) is 1.13. The third-order valence-corrected chi connectivity index (χ3v) is 4.29. The molecule has 0 bridgehead atoms. The maximum absolute atomic E-state index is 12.0. The Kier molecular flexibility index (Phi) is 15.8. The summed E-state index contributed by atoms with van der Waals surface area (Å²) in [5.41, 5.74) is 0. The molecule has 0 rings (SSSR count). The summed E-state index contributed by atoms with van der Waals surface area (Å²) in [4.78, 5) is 13.8. The molecule has 0 radical (unpaired) electrons. The Hall–Kier alpha value is -0.820. The van der Waals surface area contributed by atoms with Crippen LogP contribution < -0.4 is 0 Å². The lowest BCUT2D eigenvalue weighted by atomic mass is 10.1. The second-order valence-corrected chi connectivity index (χ2v) is 6.80. The molecule has 0 aliphatic rings. The van der Waals surface area contributed by atoms with E-state index in [1.807, 2.05) is 7.05 Å². The number of aliphatic hydroxyl groups excluding tert-OH is 1. The predicted molar refractivity (Wildman–Crippen MR) is 97.0 cm³/mol. The van der Waals surface area contributed by atoms with E-state index >= 15 is 0 Å². The molecule has 0 aromatic heterocycles. The van der Waals surface area contributed by atoms with Crippen molar-refractivity contribution in [1.82, 2.24) is 4.90 Å². The van der Waals surface area contributed by atoms with Crippen LogP contribution in [0.1, 0.15) is 77.0 Å². The molecule has 26 heavy (non-hydrogen) atoms. The largest absolute Gasteiger partial charge is 0.396 e. The molecule has 1 amide bonds. The van der Waals surface area contributed by atoms with Gasteiger partial charge in [-0.05, 0) is 25.7 Å². The molecule has 0 aliphatic heterocycles. The van der Waals surface area contributed by atoms with E-state index in [4.69, 9.17) is 9.84 Å². The Labute approximate surface area is 156 Å². The first-order valence-corrected chi connectivity index (χ1v) is 9.86. The number of amides is 1. The first-order valence-electron chi connectivity index (χ1n) is 9.86. The van der Waals surface area contributed by atoms with E-state index in [0.29, 0.717) is 13.0 Å². The van der Waals surface area contributed by atoms with Crippen LogP contribution in [0.25, 0.3) is 0 Å². The third kappa shape index (κ3) is 18.0. The quantitative estimate of drug-likeness (QED) is 0.371. The van der Waals surface area contributed by atoms with Gasteiger partial charge in [0.15, 0.2) is 0 Å². The zero-order valence-corrected chi connectivity index (χ0v) is 16.2. The van der Waals surface area contributed by atoms with E-state index in [0.717, 1.165) is 70.8 Å². The van der Waals surface area contributed by atoms with Gasteiger partial charge in [0.25, 0.3) is 0 Å². The van der Waals surface area contributed by atoms with Gasteiger partial charge in [-0.2, -0.15) is 13.2 Å². The van der Waals surface area contributed by atoms with Crippen LogP contribution in [-0.2, 0) is 9.53 Å². The van der Waals surface area contributed by atoms with Crippen LogP contribution in [-0.4, -0.2) is 55.5 Å². The fraction of sp³-hybridized carbons (Fsp3) is 0.947. The molecule has 0 heterocycles. The van der Waals surface area contributed by atoms with Crippen molar-refractivity contribution in [2.24, 2.45) is 0 Å². The number of aliphatic hydroxyl groups is 1. The van der Waals surface area contributed by atoms with E-state index in [9.17, 15) is 18.0 Å². The fourth-order valence-electron chi connectivity index (χ4n) is 2.61. The van der Waals surface area contributed by atoms with E-state index in [2.05, 4.69) is 0 Å². The van der Waals surface area contributed by atoms with Gasteiger partial charge >= 0.3 is 6.18 Å².